The lowest BCUT2D eigenvalue weighted by Gasteiger charge is -2.09. The van der Waals surface area contributed by atoms with Crippen LogP contribution in [0.2, 0.25) is 10.2 Å². The number of halogens is 2. The van der Waals surface area contributed by atoms with E-state index in [4.69, 9.17) is 27.9 Å². The molecule has 0 aliphatic rings. The zero-order chi connectivity index (χ0) is 13.9. The normalized spacial score (nSPS) is 10.7. The summed E-state index contributed by atoms with van der Waals surface area (Å²) in [6.45, 7) is 0.329. The molecule has 0 aliphatic carbocycles. The first-order valence-electron chi connectivity index (χ1n) is 6.00. The highest BCUT2D eigenvalue weighted by molar-refractivity contribution is 6.35. The summed E-state index contributed by atoms with van der Waals surface area (Å²) >= 11 is 11.9. The Bertz CT molecular complexity index is 744. The fourth-order valence-electron chi connectivity index (χ4n) is 1.93. The molecule has 3 aromatic rings. The van der Waals surface area contributed by atoms with Crippen molar-refractivity contribution in [2.75, 3.05) is 0 Å². The second kappa shape index (κ2) is 5.65. The molecule has 0 atom stereocenters. The molecule has 100 valence electrons. The van der Waals surface area contributed by atoms with E-state index >= 15 is 0 Å². The van der Waals surface area contributed by atoms with Crippen LogP contribution in [0.5, 0.6) is 5.75 Å². The lowest BCUT2D eigenvalue weighted by Crippen LogP contribution is -1.99. The van der Waals surface area contributed by atoms with Crippen molar-refractivity contribution in [2.24, 2.45) is 0 Å². The highest BCUT2D eigenvalue weighted by atomic mass is 35.5. The Labute approximate surface area is 126 Å². The van der Waals surface area contributed by atoms with Crippen molar-refractivity contribution in [3.63, 3.8) is 0 Å². The topological polar surface area (TPSA) is 35.0 Å². The Hall–Kier alpha value is -1.84. The number of ether oxygens (including phenoxy) is 1. The van der Waals surface area contributed by atoms with E-state index in [0.29, 0.717) is 22.5 Å². The standard InChI is InChI=1S/C15H10Cl2N2O/c16-13-5-6-14(12-4-2-1-3-11(12)13)20-9-10-7-19-15(17)8-18-10/h1-8H,9H2. The van der Waals surface area contributed by atoms with Crippen molar-refractivity contribution in [3.8, 4) is 5.75 Å². The number of hydrogen-bond acceptors (Lipinski definition) is 3. The average Bonchev–Trinajstić information content (AvgIpc) is 2.49. The Morgan fingerprint density at radius 1 is 0.900 bits per heavy atom. The Morgan fingerprint density at radius 3 is 2.45 bits per heavy atom. The maximum Gasteiger partial charge on any atom is 0.147 e. The lowest BCUT2D eigenvalue weighted by molar-refractivity contribution is 0.304. The summed E-state index contributed by atoms with van der Waals surface area (Å²) < 4.78 is 5.80. The van der Waals surface area contributed by atoms with Crippen molar-refractivity contribution in [3.05, 3.63) is 64.7 Å². The summed E-state index contributed by atoms with van der Waals surface area (Å²) in [6.07, 6.45) is 3.10. The maximum absolute atomic E-state index is 6.17. The van der Waals surface area contributed by atoms with Gasteiger partial charge in [0, 0.05) is 15.8 Å². The van der Waals surface area contributed by atoms with Gasteiger partial charge in [-0.2, -0.15) is 0 Å². The molecule has 0 bridgehead atoms. The van der Waals surface area contributed by atoms with Crippen LogP contribution < -0.4 is 4.74 Å². The van der Waals surface area contributed by atoms with Crippen LogP contribution in [0, 0.1) is 0 Å². The molecule has 0 amide bonds. The summed E-state index contributed by atoms with van der Waals surface area (Å²) in [5.74, 6) is 0.766. The molecular weight excluding hydrogens is 295 g/mol. The third-order valence-corrected chi connectivity index (χ3v) is 3.40. The van der Waals surface area contributed by atoms with E-state index < -0.39 is 0 Å². The van der Waals surface area contributed by atoms with Gasteiger partial charge in [-0.25, -0.2) is 4.98 Å². The van der Waals surface area contributed by atoms with Crippen molar-refractivity contribution in [1.82, 2.24) is 9.97 Å². The van der Waals surface area contributed by atoms with Crippen LogP contribution in [-0.2, 0) is 6.61 Å². The highest BCUT2D eigenvalue weighted by Crippen LogP contribution is 2.31. The third kappa shape index (κ3) is 2.69. The van der Waals surface area contributed by atoms with Crippen molar-refractivity contribution in [1.29, 1.82) is 0 Å². The zero-order valence-electron chi connectivity index (χ0n) is 10.4. The van der Waals surface area contributed by atoms with Gasteiger partial charge in [0.05, 0.1) is 18.1 Å². The first-order chi connectivity index (χ1) is 9.74. The number of benzene rings is 2. The molecule has 0 saturated carbocycles. The van der Waals surface area contributed by atoms with Gasteiger partial charge in [0.1, 0.15) is 17.5 Å². The molecule has 0 saturated heterocycles. The summed E-state index contributed by atoms with van der Waals surface area (Å²) in [5, 5.41) is 3.01. The Kier molecular flexibility index (Phi) is 3.72. The highest BCUT2D eigenvalue weighted by Gasteiger charge is 2.06. The molecular formula is C15H10Cl2N2O. The smallest absolute Gasteiger partial charge is 0.147 e. The maximum atomic E-state index is 6.17. The van der Waals surface area contributed by atoms with E-state index in [1.165, 1.54) is 6.20 Å². The monoisotopic (exact) mass is 304 g/mol. The molecule has 0 radical (unpaired) electrons. The second-order valence-corrected chi connectivity index (χ2v) is 5.00. The number of rotatable bonds is 3. The van der Waals surface area contributed by atoms with Crippen LogP contribution in [0.3, 0.4) is 0 Å². The van der Waals surface area contributed by atoms with Gasteiger partial charge in [0.2, 0.25) is 0 Å². The molecule has 1 heterocycles. The lowest BCUT2D eigenvalue weighted by atomic mass is 10.1. The molecule has 3 rings (SSSR count). The molecule has 3 nitrogen and oxygen atoms in total. The van der Waals surface area contributed by atoms with E-state index in [9.17, 15) is 0 Å². The van der Waals surface area contributed by atoms with Crippen LogP contribution in [0.1, 0.15) is 5.69 Å². The summed E-state index contributed by atoms with van der Waals surface area (Å²) in [7, 11) is 0. The van der Waals surface area contributed by atoms with Crippen LogP contribution in [0.4, 0.5) is 0 Å². The minimum atomic E-state index is 0.329. The summed E-state index contributed by atoms with van der Waals surface area (Å²) in [6, 6.07) is 11.5. The van der Waals surface area contributed by atoms with E-state index in [-0.39, 0.29) is 0 Å². The zero-order valence-corrected chi connectivity index (χ0v) is 11.9. The molecule has 5 heteroatoms. The molecule has 0 N–H and O–H groups in total. The van der Waals surface area contributed by atoms with E-state index in [1.807, 2.05) is 36.4 Å². The third-order valence-electron chi connectivity index (χ3n) is 2.88. The van der Waals surface area contributed by atoms with E-state index in [2.05, 4.69) is 9.97 Å². The van der Waals surface area contributed by atoms with Crippen molar-refractivity contribution >= 4 is 34.0 Å². The second-order valence-electron chi connectivity index (χ2n) is 4.21. The van der Waals surface area contributed by atoms with Gasteiger partial charge in [0.25, 0.3) is 0 Å². The van der Waals surface area contributed by atoms with Gasteiger partial charge >= 0.3 is 0 Å². The van der Waals surface area contributed by atoms with Gasteiger partial charge in [-0.1, -0.05) is 47.5 Å². The van der Waals surface area contributed by atoms with Crippen LogP contribution in [-0.4, -0.2) is 9.97 Å². The number of fused-ring (bicyclic) bond motifs is 1. The number of aromatic nitrogens is 2. The van der Waals surface area contributed by atoms with Gasteiger partial charge < -0.3 is 4.74 Å². The predicted molar refractivity (Wildman–Crippen MR) is 80.3 cm³/mol. The first-order valence-corrected chi connectivity index (χ1v) is 6.76. The van der Waals surface area contributed by atoms with Gasteiger partial charge in [-0.3, -0.25) is 4.98 Å². The van der Waals surface area contributed by atoms with Gasteiger partial charge in [-0.05, 0) is 12.1 Å². The molecule has 0 unspecified atom stereocenters. The van der Waals surface area contributed by atoms with E-state index in [1.54, 1.807) is 6.20 Å². The van der Waals surface area contributed by atoms with Gasteiger partial charge in [0.15, 0.2) is 0 Å². The fraction of sp³-hybridized carbons (Fsp3) is 0.0667. The van der Waals surface area contributed by atoms with Crippen LogP contribution >= 0.6 is 23.2 Å². The Balaban J connectivity index is 1.88. The molecule has 0 fully saturated rings. The van der Waals surface area contributed by atoms with Crippen LogP contribution in [0.25, 0.3) is 10.8 Å². The Morgan fingerprint density at radius 2 is 1.70 bits per heavy atom. The minimum Gasteiger partial charge on any atom is -0.487 e. The molecule has 0 aliphatic heterocycles. The predicted octanol–water partition coefficient (Wildman–Crippen LogP) is 4.52. The van der Waals surface area contributed by atoms with Gasteiger partial charge in [-0.15, -0.1) is 0 Å². The molecule has 0 spiro atoms. The molecule has 20 heavy (non-hydrogen) atoms. The van der Waals surface area contributed by atoms with Crippen molar-refractivity contribution in [2.45, 2.75) is 6.61 Å². The summed E-state index contributed by atoms with van der Waals surface area (Å²) in [5.41, 5.74) is 0.716. The average molecular weight is 305 g/mol. The van der Waals surface area contributed by atoms with E-state index in [0.717, 1.165) is 16.5 Å². The number of hydrogen-bond donors (Lipinski definition) is 0. The SMILES string of the molecule is Clc1cnc(COc2ccc(Cl)c3ccccc23)cn1. The fourth-order valence-corrected chi connectivity index (χ4v) is 2.25. The van der Waals surface area contributed by atoms with Crippen LogP contribution in [0.15, 0.2) is 48.8 Å². The van der Waals surface area contributed by atoms with Crippen molar-refractivity contribution < 1.29 is 4.74 Å². The quantitative estimate of drug-likeness (QED) is 0.714. The number of nitrogens with zero attached hydrogens (tertiary/aromatic N) is 2. The summed E-state index contributed by atoms with van der Waals surface area (Å²) in [4.78, 5) is 8.12. The first kappa shape index (κ1) is 13.2. The molecule has 2 aromatic carbocycles. The largest absolute Gasteiger partial charge is 0.487 e. The minimum absolute atomic E-state index is 0.329. The molecule has 1 aromatic heterocycles.